The van der Waals surface area contributed by atoms with Gasteiger partial charge in [0, 0.05) is 6.26 Å². The standard InChI is InChI=1S/C9H6N3O2S/c1-15(13,14)9-3-7(5-11)6(4-10)2-8(9)12/h2-3,12H,1H3. The minimum atomic E-state index is -3.54. The van der Waals surface area contributed by atoms with Crippen LogP contribution in [0.3, 0.4) is 0 Å². The third-order valence-electron chi connectivity index (χ3n) is 1.76. The fourth-order valence-corrected chi connectivity index (χ4v) is 1.86. The molecule has 1 aromatic rings. The summed E-state index contributed by atoms with van der Waals surface area (Å²) >= 11 is 0. The molecule has 0 atom stereocenters. The maximum atomic E-state index is 11.2. The first-order valence-corrected chi connectivity index (χ1v) is 5.69. The van der Waals surface area contributed by atoms with Gasteiger partial charge >= 0.3 is 0 Å². The van der Waals surface area contributed by atoms with Crippen LogP contribution < -0.4 is 5.73 Å². The predicted octanol–water partition coefficient (Wildman–Crippen LogP) is 0.748. The Kier molecular flexibility index (Phi) is 2.65. The summed E-state index contributed by atoms with van der Waals surface area (Å²) in [5.41, 5.74) is 7.11. The number of hydrogen-bond acceptors (Lipinski definition) is 4. The number of hydrogen-bond donors (Lipinski definition) is 0. The van der Waals surface area contributed by atoms with Crippen molar-refractivity contribution in [2.75, 3.05) is 6.26 Å². The van der Waals surface area contributed by atoms with Crippen molar-refractivity contribution in [3.63, 3.8) is 0 Å². The summed E-state index contributed by atoms with van der Waals surface area (Å²) < 4.78 is 22.4. The molecule has 0 amide bonds. The van der Waals surface area contributed by atoms with E-state index < -0.39 is 9.84 Å². The molecule has 0 aliphatic heterocycles. The minimum absolute atomic E-state index is 0.00917. The van der Waals surface area contributed by atoms with Gasteiger partial charge in [-0.3, -0.25) is 5.73 Å². The van der Waals surface area contributed by atoms with Crippen LogP contribution in [-0.4, -0.2) is 14.7 Å². The number of nitriles is 2. The molecule has 0 bridgehead atoms. The van der Waals surface area contributed by atoms with Crippen LogP contribution in [0.25, 0.3) is 0 Å². The summed E-state index contributed by atoms with van der Waals surface area (Å²) in [5.74, 6) is 0. The summed E-state index contributed by atoms with van der Waals surface area (Å²) in [4.78, 5) is -0.238. The van der Waals surface area contributed by atoms with E-state index in [1.807, 2.05) is 0 Å². The lowest BCUT2D eigenvalue weighted by Gasteiger charge is -2.03. The molecule has 0 fully saturated rings. The molecule has 5 nitrogen and oxygen atoms in total. The topological polar surface area (TPSA) is 106 Å². The fraction of sp³-hybridized carbons (Fsp3) is 0.111. The highest BCUT2D eigenvalue weighted by atomic mass is 32.2. The molecule has 0 aliphatic rings. The van der Waals surface area contributed by atoms with Crippen molar-refractivity contribution in [3.05, 3.63) is 23.3 Å². The smallest absolute Gasteiger partial charge is 0.177 e. The Morgan fingerprint density at radius 3 is 2.07 bits per heavy atom. The van der Waals surface area contributed by atoms with Gasteiger partial charge in [0.15, 0.2) is 9.84 Å². The Morgan fingerprint density at radius 1 is 1.20 bits per heavy atom. The van der Waals surface area contributed by atoms with Gasteiger partial charge < -0.3 is 0 Å². The summed E-state index contributed by atoms with van der Waals surface area (Å²) in [6.07, 6.45) is 0.952. The first kappa shape index (κ1) is 11.0. The van der Waals surface area contributed by atoms with Gasteiger partial charge in [0.25, 0.3) is 0 Å². The predicted molar refractivity (Wildman–Crippen MR) is 51.7 cm³/mol. The molecule has 15 heavy (non-hydrogen) atoms. The molecule has 0 unspecified atom stereocenters. The second-order valence-corrected chi connectivity index (χ2v) is 4.87. The Hall–Kier alpha value is -2.05. The van der Waals surface area contributed by atoms with E-state index in [4.69, 9.17) is 16.3 Å². The third kappa shape index (κ3) is 2.06. The Morgan fingerprint density at radius 2 is 1.67 bits per heavy atom. The summed E-state index contributed by atoms with van der Waals surface area (Å²) in [6, 6.07) is 5.57. The van der Waals surface area contributed by atoms with Gasteiger partial charge in [-0.05, 0) is 12.1 Å². The van der Waals surface area contributed by atoms with E-state index in [-0.39, 0.29) is 21.7 Å². The minimum Gasteiger partial charge on any atom is -0.299 e. The van der Waals surface area contributed by atoms with Crippen LogP contribution in [0.2, 0.25) is 0 Å². The van der Waals surface area contributed by atoms with Gasteiger partial charge in [0.1, 0.15) is 12.1 Å². The molecule has 75 valence electrons. The van der Waals surface area contributed by atoms with Gasteiger partial charge in [-0.25, -0.2) is 8.42 Å². The number of benzene rings is 1. The van der Waals surface area contributed by atoms with Crippen molar-refractivity contribution in [3.8, 4) is 12.1 Å². The third-order valence-corrected chi connectivity index (χ3v) is 2.90. The van der Waals surface area contributed by atoms with Crippen LogP contribution in [0.4, 0.5) is 5.69 Å². The number of nitrogens with zero attached hydrogens (tertiary/aromatic N) is 2. The van der Waals surface area contributed by atoms with Gasteiger partial charge in [0.2, 0.25) is 0 Å². The van der Waals surface area contributed by atoms with E-state index in [1.54, 1.807) is 12.1 Å². The van der Waals surface area contributed by atoms with E-state index in [1.165, 1.54) is 0 Å². The summed E-state index contributed by atoms with van der Waals surface area (Å²) in [5, 5.41) is 17.3. The van der Waals surface area contributed by atoms with Crippen molar-refractivity contribution < 1.29 is 8.42 Å². The molecule has 1 N–H and O–H groups in total. The Labute approximate surface area is 87.3 Å². The lowest BCUT2D eigenvalue weighted by atomic mass is 10.1. The van der Waals surface area contributed by atoms with Crippen LogP contribution in [-0.2, 0) is 9.84 Å². The summed E-state index contributed by atoms with van der Waals surface area (Å²) in [7, 11) is -3.54. The van der Waals surface area contributed by atoms with Gasteiger partial charge in [0.05, 0.1) is 21.7 Å². The molecule has 0 saturated heterocycles. The zero-order valence-corrected chi connectivity index (χ0v) is 8.59. The highest BCUT2D eigenvalue weighted by Crippen LogP contribution is 2.23. The second-order valence-electron chi connectivity index (χ2n) is 2.89. The number of sulfone groups is 1. The van der Waals surface area contributed by atoms with Crippen LogP contribution in [0.1, 0.15) is 11.1 Å². The maximum absolute atomic E-state index is 11.2. The van der Waals surface area contributed by atoms with E-state index in [2.05, 4.69) is 0 Å². The highest BCUT2D eigenvalue weighted by molar-refractivity contribution is 7.90. The maximum Gasteiger partial charge on any atom is 0.177 e. The molecule has 0 spiro atoms. The van der Waals surface area contributed by atoms with Gasteiger partial charge in [-0.1, -0.05) is 0 Å². The van der Waals surface area contributed by atoms with E-state index >= 15 is 0 Å². The first-order valence-electron chi connectivity index (χ1n) is 3.80. The van der Waals surface area contributed by atoms with E-state index in [0.29, 0.717) is 0 Å². The lowest BCUT2D eigenvalue weighted by molar-refractivity contribution is 0.602. The zero-order chi connectivity index (χ0) is 11.6. The molecule has 0 saturated carbocycles. The van der Waals surface area contributed by atoms with Gasteiger partial charge in [-0.15, -0.1) is 0 Å². The van der Waals surface area contributed by atoms with Crippen LogP contribution in [0.5, 0.6) is 0 Å². The molecule has 1 radical (unpaired) electrons. The Balaban J connectivity index is 3.64. The molecule has 6 heteroatoms. The van der Waals surface area contributed by atoms with E-state index in [0.717, 1.165) is 18.4 Å². The fourth-order valence-electron chi connectivity index (χ4n) is 1.07. The average Bonchev–Trinajstić information content (AvgIpc) is 2.15. The van der Waals surface area contributed by atoms with E-state index in [9.17, 15) is 8.42 Å². The molecular formula is C9H6N3O2S. The van der Waals surface area contributed by atoms with Crippen LogP contribution in [0, 0.1) is 22.7 Å². The molecular weight excluding hydrogens is 214 g/mol. The Bertz CT molecular complexity index is 591. The molecule has 0 aromatic heterocycles. The van der Waals surface area contributed by atoms with Crippen molar-refractivity contribution in [1.82, 2.24) is 5.73 Å². The molecule has 1 aromatic carbocycles. The SMILES string of the molecule is CS(=O)(=O)c1cc(C#N)c(C#N)cc1[NH]. The molecule has 0 aliphatic carbocycles. The molecule has 0 heterocycles. The lowest BCUT2D eigenvalue weighted by Crippen LogP contribution is -2.00. The molecule has 1 rings (SSSR count). The normalized spacial score (nSPS) is 10.3. The van der Waals surface area contributed by atoms with Crippen molar-refractivity contribution in [1.29, 1.82) is 10.5 Å². The second kappa shape index (κ2) is 3.60. The monoisotopic (exact) mass is 220 g/mol. The summed E-state index contributed by atoms with van der Waals surface area (Å²) in [6.45, 7) is 0. The number of nitrogens with one attached hydrogen (secondary N) is 1. The van der Waals surface area contributed by atoms with Crippen molar-refractivity contribution in [2.45, 2.75) is 4.90 Å². The largest absolute Gasteiger partial charge is 0.299 e. The zero-order valence-electron chi connectivity index (χ0n) is 7.77. The van der Waals surface area contributed by atoms with Crippen molar-refractivity contribution >= 4 is 15.5 Å². The van der Waals surface area contributed by atoms with Crippen molar-refractivity contribution in [2.24, 2.45) is 0 Å². The van der Waals surface area contributed by atoms with Gasteiger partial charge in [-0.2, -0.15) is 10.5 Å². The quantitative estimate of drug-likeness (QED) is 0.695. The van der Waals surface area contributed by atoms with Crippen LogP contribution in [0.15, 0.2) is 17.0 Å². The van der Waals surface area contributed by atoms with Crippen LogP contribution >= 0.6 is 0 Å². The highest BCUT2D eigenvalue weighted by Gasteiger charge is 2.15. The average molecular weight is 220 g/mol. The number of rotatable bonds is 1. The first-order chi connectivity index (χ1) is 6.90.